The van der Waals surface area contributed by atoms with E-state index in [-0.39, 0.29) is 23.1 Å². The fourth-order valence-electron chi connectivity index (χ4n) is 5.93. The van der Waals surface area contributed by atoms with Gasteiger partial charge in [0, 0.05) is 36.8 Å². The van der Waals surface area contributed by atoms with Crippen LogP contribution in [0.5, 0.6) is 0 Å². The largest absolute Gasteiger partial charge is 0.471 e. The van der Waals surface area contributed by atoms with E-state index in [1.165, 1.54) is 0 Å². The number of amides is 1. The van der Waals surface area contributed by atoms with E-state index in [0.29, 0.717) is 63.1 Å². The van der Waals surface area contributed by atoms with Gasteiger partial charge in [-0.2, -0.15) is 23.4 Å². The number of ether oxygens (including phenoxy) is 1. The standard InChI is InChI=1S/C25H27F3N4O3/c26-25(27,28)22-30-21(31-35-22)24-9-6-23(7-10-24,8-11-24)16-32(19-3-1-2-17(14-19)15-29)20(33)18-4-12-34-13-5-18/h1-3,14,18H,4-13,16H2. The first-order valence-corrected chi connectivity index (χ1v) is 12.0. The molecule has 1 amide bonds. The number of benzene rings is 1. The van der Waals surface area contributed by atoms with Crippen LogP contribution in [0, 0.1) is 22.7 Å². The number of nitriles is 1. The van der Waals surface area contributed by atoms with E-state index >= 15 is 0 Å². The summed E-state index contributed by atoms with van der Waals surface area (Å²) in [7, 11) is 0. The Balaban J connectivity index is 1.37. The minimum absolute atomic E-state index is 0.0492. The van der Waals surface area contributed by atoms with E-state index in [4.69, 9.17) is 4.74 Å². The normalized spacial score (nSPS) is 26.9. The second kappa shape index (κ2) is 8.94. The number of hydrogen-bond acceptors (Lipinski definition) is 6. The number of alkyl halides is 3. The Hall–Kier alpha value is -2.93. The minimum Gasteiger partial charge on any atom is -0.381 e. The number of nitrogens with zero attached hydrogens (tertiary/aromatic N) is 4. The Labute approximate surface area is 201 Å². The van der Waals surface area contributed by atoms with Crippen LogP contribution in [-0.2, 0) is 21.1 Å². The summed E-state index contributed by atoms with van der Waals surface area (Å²) in [5, 5.41) is 13.1. The van der Waals surface area contributed by atoms with E-state index in [1.807, 2.05) is 11.0 Å². The predicted molar refractivity (Wildman–Crippen MR) is 118 cm³/mol. The fraction of sp³-hybridized carbons (Fsp3) is 0.600. The third kappa shape index (κ3) is 4.54. The van der Waals surface area contributed by atoms with E-state index < -0.39 is 17.5 Å². The quantitative estimate of drug-likeness (QED) is 0.587. The van der Waals surface area contributed by atoms with Gasteiger partial charge < -0.3 is 14.2 Å². The Morgan fingerprint density at radius 1 is 1.14 bits per heavy atom. The lowest BCUT2D eigenvalue weighted by atomic mass is 9.53. The Kier molecular flexibility index (Phi) is 6.08. The number of carbonyl (C=O) groups excluding carboxylic acids is 1. The smallest absolute Gasteiger partial charge is 0.381 e. The Morgan fingerprint density at radius 3 is 2.43 bits per heavy atom. The summed E-state index contributed by atoms with van der Waals surface area (Å²) in [5.74, 6) is -1.23. The molecular formula is C25H27F3N4O3. The highest BCUT2D eigenvalue weighted by atomic mass is 19.4. The number of anilines is 1. The van der Waals surface area contributed by atoms with E-state index in [9.17, 15) is 23.2 Å². The van der Waals surface area contributed by atoms with Crippen LogP contribution in [0.25, 0.3) is 0 Å². The van der Waals surface area contributed by atoms with Crippen LogP contribution in [0.3, 0.4) is 0 Å². The van der Waals surface area contributed by atoms with Gasteiger partial charge >= 0.3 is 12.1 Å². The SMILES string of the molecule is N#Cc1cccc(N(CC23CCC(c4noc(C(F)(F)F)n4)(CC2)CC3)C(=O)C2CCOCC2)c1. The molecule has 186 valence electrons. The lowest BCUT2D eigenvalue weighted by Crippen LogP contribution is -2.52. The molecule has 3 saturated carbocycles. The molecule has 4 aliphatic rings. The van der Waals surface area contributed by atoms with Gasteiger partial charge in [-0.05, 0) is 75.0 Å². The average molecular weight is 489 g/mol. The number of hydrogen-bond donors (Lipinski definition) is 0. The zero-order chi connectivity index (χ0) is 24.7. The molecule has 2 bridgehead atoms. The average Bonchev–Trinajstić information content (AvgIpc) is 3.41. The maximum absolute atomic E-state index is 13.7. The second-order valence-corrected chi connectivity index (χ2v) is 10.2. The van der Waals surface area contributed by atoms with Gasteiger partial charge in [-0.15, -0.1) is 0 Å². The minimum atomic E-state index is -4.65. The van der Waals surface area contributed by atoms with Crippen molar-refractivity contribution in [3.05, 3.63) is 41.5 Å². The Bertz CT molecular complexity index is 1110. The van der Waals surface area contributed by atoms with Crippen LogP contribution >= 0.6 is 0 Å². The molecule has 0 N–H and O–H groups in total. The number of halogens is 3. The molecule has 10 heteroatoms. The molecule has 0 spiro atoms. The maximum Gasteiger partial charge on any atom is 0.471 e. The topological polar surface area (TPSA) is 92.3 Å². The van der Waals surface area contributed by atoms with Gasteiger partial charge in [0.25, 0.3) is 0 Å². The molecule has 1 aliphatic heterocycles. The van der Waals surface area contributed by atoms with Crippen molar-refractivity contribution in [3.8, 4) is 6.07 Å². The van der Waals surface area contributed by atoms with Gasteiger partial charge in [-0.25, -0.2) is 0 Å². The summed E-state index contributed by atoms with van der Waals surface area (Å²) in [6, 6.07) is 9.27. The first-order chi connectivity index (χ1) is 16.7. The zero-order valence-electron chi connectivity index (χ0n) is 19.3. The first-order valence-electron chi connectivity index (χ1n) is 12.0. The molecule has 1 aromatic heterocycles. The molecule has 7 nitrogen and oxygen atoms in total. The van der Waals surface area contributed by atoms with Crippen molar-refractivity contribution in [2.24, 2.45) is 11.3 Å². The van der Waals surface area contributed by atoms with Crippen LogP contribution in [0.15, 0.2) is 28.8 Å². The van der Waals surface area contributed by atoms with Crippen LogP contribution in [0.4, 0.5) is 18.9 Å². The monoisotopic (exact) mass is 488 g/mol. The molecule has 4 fully saturated rings. The highest BCUT2D eigenvalue weighted by Gasteiger charge is 2.53. The lowest BCUT2D eigenvalue weighted by Gasteiger charge is -2.53. The van der Waals surface area contributed by atoms with Crippen LogP contribution in [-0.4, -0.2) is 35.8 Å². The molecule has 2 aromatic rings. The molecule has 6 rings (SSSR count). The van der Waals surface area contributed by atoms with Crippen LogP contribution in [0.2, 0.25) is 0 Å². The third-order valence-corrected chi connectivity index (χ3v) is 8.16. The zero-order valence-corrected chi connectivity index (χ0v) is 19.3. The molecule has 0 unspecified atom stereocenters. The van der Waals surface area contributed by atoms with Gasteiger partial charge in [-0.1, -0.05) is 11.2 Å². The van der Waals surface area contributed by atoms with Gasteiger partial charge in [0.05, 0.1) is 11.6 Å². The van der Waals surface area contributed by atoms with Gasteiger partial charge in [0.2, 0.25) is 5.91 Å². The van der Waals surface area contributed by atoms with Crippen molar-refractivity contribution in [1.29, 1.82) is 5.26 Å². The first kappa shape index (κ1) is 23.8. The number of fused-ring (bicyclic) bond motifs is 3. The van der Waals surface area contributed by atoms with Gasteiger partial charge in [0.15, 0.2) is 5.82 Å². The van der Waals surface area contributed by atoms with E-state index in [0.717, 1.165) is 19.3 Å². The highest BCUT2D eigenvalue weighted by Crippen LogP contribution is 2.57. The van der Waals surface area contributed by atoms with Crippen molar-refractivity contribution in [2.75, 3.05) is 24.7 Å². The second-order valence-electron chi connectivity index (χ2n) is 10.2. The van der Waals surface area contributed by atoms with E-state index in [1.54, 1.807) is 18.2 Å². The molecular weight excluding hydrogens is 461 g/mol. The number of aromatic nitrogens is 2. The molecule has 0 radical (unpaired) electrons. The molecule has 3 aliphatic carbocycles. The summed E-state index contributed by atoms with van der Waals surface area (Å²) in [6.45, 7) is 1.63. The maximum atomic E-state index is 13.7. The van der Waals surface area contributed by atoms with Crippen molar-refractivity contribution >= 4 is 11.6 Å². The highest BCUT2D eigenvalue weighted by molar-refractivity contribution is 5.95. The van der Waals surface area contributed by atoms with Crippen molar-refractivity contribution < 1.29 is 27.2 Å². The lowest BCUT2D eigenvalue weighted by molar-refractivity contribution is -0.159. The molecule has 0 atom stereocenters. The van der Waals surface area contributed by atoms with Gasteiger partial charge in [-0.3, -0.25) is 4.79 Å². The number of rotatable bonds is 5. The summed E-state index contributed by atoms with van der Waals surface area (Å²) in [5.41, 5.74) is 0.561. The molecule has 2 heterocycles. The molecule has 35 heavy (non-hydrogen) atoms. The summed E-state index contributed by atoms with van der Waals surface area (Å²) in [6.07, 6.45) is 0.933. The van der Waals surface area contributed by atoms with Crippen molar-refractivity contribution in [2.45, 2.75) is 63.0 Å². The molecule has 1 aromatic carbocycles. The summed E-state index contributed by atoms with van der Waals surface area (Å²) >= 11 is 0. The Morgan fingerprint density at radius 2 is 1.83 bits per heavy atom. The van der Waals surface area contributed by atoms with Crippen LogP contribution < -0.4 is 4.90 Å². The van der Waals surface area contributed by atoms with Crippen molar-refractivity contribution in [1.82, 2.24) is 10.1 Å². The summed E-state index contributed by atoms with van der Waals surface area (Å²) in [4.78, 5) is 19.2. The number of carbonyl (C=O) groups is 1. The van der Waals surface area contributed by atoms with Gasteiger partial charge in [0.1, 0.15) is 0 Å². The van der Waals surface area contributed by atoms with Crippen LogP contribution in [0.1, 0.15) is 68.6 Å². The van der Waals surface area contributed by atoms with Crippen molar-refractivity contribution in [3.63, 3.8) is 0 Å². The fourth-order valence-corrected chi connectivity index (χ4v) is 5.93. The molecule has 1 saturated heterocycles. The summed E-state index contributed by atoms with van der Waals surface area (Å²) < 4.78 is 48.9. The predicted octanol–water partition coefficient (Wildman–Crippen LogP) is 5.01. The van der Waals surface area contributed by atoms with E-state index in [2.05, 4.69) is 20.7 Å². The third-order valence-electron chi connectivity index (χ3n) is 8.16.